The summed E-state index contributed by atoms with van der Waals surface area (Å²) in [7, 11) is -1.90. The second kappa shape index (κ2) is 6.41. The van der Waals surface area contributed by atoms with Crippen molar-refractivity contribution in [1.82, 2.24) is 4.31 Å². The molecule has 0 unspecified atom stereocenters. The normalized spacial score (nSPS) is 20.7. The molecule has 0 aliphatic carbocycles. The van der Waals surface area contributed by atoms with E-state index in [1.54, 1.807) is 19.2 Å². The quantitative estimate of drug-likeness (QED) is 0.853. The minimum atomic E-state index is -3.49. The van der Waals surface area contributed by atoms with Gasteiger partial charge in [0.25, 0.3) is 0 Å². The zero-order chi connectivity index (χ0) is 15.6. The van der Waals surface area contributed by atoms with Crippen molar-refractivity contribution in [2.75, 3.05) is 56.1 Å². The van der Waals surface area contributed by atoms with Crippen LogP contribution in [0.4, 0.5) is 11.4 Å². The topological polar surface area (TPSA) is 71.1 Å². The monoisotopic (exact) mass is 327 g/mol. The predicted octanol–water partition coefficient (Wildman–Crippen LogP) is 0.510. The Morgan fingerprint density at radius 2 is 1.82 bits per heavy atom. The van der Waals surface area contributed by atoms with Crippen LogP contribution in [0.3, 0.4) is 0 Å². The summed E-state index contributed by atoms with van der Waals surface area (Å²) < 4.78 is 38.7. The van der Waals surface area contributed by atoms with Crippen LogP contribution in [-0.4, -0.2) is 65.3 Å². The fourth-order valence-electron chi connectivity index (χ4n) is 2.52. The summed E-state index contributed by atoms with van der Waals surface area (Å²) in [4.78, 5) is 2.22. The van der Waals surface area contributed by atoms with Crippen LogP contribution < -0.4 is 9.62 Å². The second-order valence-corrected chi connectivity index (χ2v) is 7.10. The maximum absolute atomic E-state index is 12.2. The van der Waals surface area contributed by atoms with E-state index in [2.05, 4.69) is 9.62 Å². The van der Waals surface area contributed by atoms with Crippen LogP contribution in [0.1, 0.15) is 0 Å². The van der Waals surface area contributed by atoms with Crippen molar-refractivity contribution in [2.45, 2.75) is 6.10 Å². The summed E-state index contributed by atoms with van der Waals surface area (Å²) in [6.45, 7) is 3.97. The van der Waals surface area contributed by atoms with Crippen molar-refractivity contribution in [3.05, 3.63) is 24.3 Å². The maximum atomic E-state index is 12.2. The van der Waals surface area contributed by atoms with Gasteiger partial charge in [-0.05, 0) is 24.3 Å². The number of anilines is 2. The molecule has 8 heteroatoms. The highest BCUT2D eigenvalue weighted by Crippen LogP contribution is 2.22. The van der Waals surface area contributed by atoms with Gasteiger partial charge in [-0.2, -0.15) is 12.7 Å². The molecule has 2 saturated heterocycles. The third-order valence-corrected chi connectivity index (χ3v) is 5.45. The molecule has 0 atom stereocenters. The van der Waals surface area contributed by atoms with Gasteiger partial charge >= 0.3 is 10.2 Å². The summed E-state index contributed by atoms with van der Waals surface area (Å²) in [5, 5.41) is 0. The SMILES string of the molecule is COC1CN(S(=O)(=O)Nc2ccc(N3CCOCC3)cc2)C1. The number of benzene rings is 1. The van der Waals surface area contributed by atoms with E-state index in [0.29, 0.717) is 18.8 Å². The largest absolute Gasteiger partial charge is 0.379 e. The molecule has 1 aromatic rings. The van der Waals surface area contributed by atoms with Gasteiger partial charge in [0.2, 0.25) is 0 Å². The number of morpholine rings is 1. The third-order valence-electron chi connectivity index (χ3n) is 3.98. The van der Waals surface area contributed by atoms with Crippen molar-refractivity contribution in [3.63, 3.8) is 0 Å². The highest BCUT2D eigenvalue weighted by molar-refractivity contribution is 7.90. The van der Waals surface area contributed by atoms with Crippen molar-refractivity contribution in [2.24, 2.45) is 0 Å². The minimum Gasteiger partial charge on any atom is -0.379 e. The standard InChI is InChI=1S/C14H21N3O4S/c1-20-14-10-17(11-14)22(18,19)15-12-2-4-13(5-3-12)16-6-8-21-9-7-16/h2-5,14-15H,6-11H2,1H3. The number of rotatable bonds is 5. The van der Waals surface area contributed by atoms with Gasteiger partial charge in [-0.15, -0.1) is 0 Å². The Bertz CT molecular complexity index is 593. The van der Waals surface area contributed by atoms with E-state index in [1.165, 1.54) is 4.31 Å². The van der Waals surface area contributed by atoms with Crippen LogP contribution in [-0.2, 0) is 19.7 Å². The lowest BCUT2D eigenvalue weighted by Crippen LogP contribution is -2.55. The van der Waals surface area contributed by atoms with E-state index in [1.807, 2.05) is 12.1 Å². The highest BCUT2D eigenvalue weighted by atomic mass is 32.2. The number of nitrogens with one attached hydrogen (secondary N) is 1. The fourth-order valence-corrected chi connectivity index (χ4v) is 3.81. The van der Waals surface area contributed by atoms with Crippen molar-refractivity contribution in [3.8, 4) is 0 Å². The van der Waals surface area contributed by atoms with Crippen LogP contribution in [0.25, 0.3) is 0 Å². The summed E-state index contributed by atoms with van der Waals surface area (Å²) in [6, 6.07) is 7.43. The Hall–Kier alpha value is -1.35. The molecule has 122 valence electrons. The van der Waals surface area contributed by atoms with E-state index < -0.39 is 10.2 Å². The molecule has 2 fully saturated rings. The van der Waals surface area contributed by atoms with Gasteiger partial charge in [-0.25, -0.2) is 0 Å². The number of hydrogen-bond acceptors (Lipinski definition) is 5. The third kappa shape index (κ3) is 3.35. The smallest absolute Gasteiger partial charge is 0.301 e. The summed E-state index contributed by atoms with van der Waals surface area (Å²) in [6.07, 6.45) is 0.000251. The molecule has 0 saturated carbocycles. The van der Waals surface area contributed by atoms with Gasteiger partial charge in [-0.3, -0.25) is 4.72 Å². The zero-order valence-electron chi connectivity index (χ0n) is 12.6. The first-order chi connectivity index (χ1) is 10.6. The molecule has 7 nitrogen and oxygen atoms in total. The Labute approximate surface area is 131 Å². The summed E-state index contributed by atoms with van der Waals surface area (Å²) in [5.41, 5.74) is 1.65. The first kappa shape index (κ1) is 15.5. The van der Waals surface area contributed by atoms with E-state index in [4.69, 9.17) is 9.47 Å². The Morgan fingerprint density at radius 3 is 2.41 bits per heavy atom. The zero-order valence-corrected chi connectivity index (χ0v) is 13.4. The molecule has 3 rings (SSSR count). The minimum absolute atomic E-state index is 0.000251. The molecule has 1 N–H and O–H groups in total. The van der Waals surface area contributed by atoms with Gasteiger partial charge < -0.3 is 14.4 Å². The molecular weight excluding hydrogens is 306 g/mol. The van der Waals surface area contributed by atoms with E-state index in [9.17, 15) is 8.42 Å². The number of hydrogen-bond donors (Lipinski definition) is 1. The Kier molecular flexibility index (Phi) is 4.53. The molecule has 1 aromatic carbocycles. The van der Waals surface area contributed by atoms with E-state index in [0.717, 1.165) is 32.0 Å². The summed E-state index contributed by atoms with van der Waals surface area (Å²) >= 11 is 0. The molecule has 22 heavy (non-hydrogen) atoms. The second-order valence-electron chi connectivity index (χ2n) is 5.43. The van der Waals surface area contributed by atoms with Crippen LogP contribution >= 0.6 is 0 Å². The molecule has 0 amide bonds. The lowest BCUT2D eigenvalue weighted by Gasteiger charge is -2.36. The Morgan fingerprint density at radius 1 is 1.18 bits per heavy atom. The molecule has 0 spiro atoms. The van der Waals surface area contributed by atoms with Crippen LogP contribution in [0.15, 0.2) is 24.3 Å². The molecule has 0 bridgehead atoms. The first-order valence-corrected chi connectivity index (χ1v) is 8.76. The fraction of sp³-hybridized carbons (Fsp3) is 0.571. The van der Waals surface area contributed by atoms with Gasteiger partial charge in [0, 0.05) is 44.7 Å². The van der Waals surface area contributed by atoms with E-state index in [-0.39, 0.29) is 6.10 Å². The molecule has 0 radical (unpaired) electrons. The number of ether oxygens (including phenoxy) is 2. The van der Waals surface area contributed by atoms with Crippen LogP contribution in [0, 0.1) is 0 Å². The Balaban J connectivity index is 1.61. The van der Waals surface area contributed by atoms with Crippen molar-refractivity contribution >= 4 is 21.6 Å². The molecular formula is C14H21N3O4S. The average molecular weight is 327 g/mol. The lowest BCUT2D eigenvalue weighted by atomic mass is 10.2. The van der Waals surface area contributed by atoms with Gasteiger partial charge in [0.05, 0.1) is 19.3 Å². The summed E-state index contributed by atoms with van der Waals surface area (Å²) in [5.74, 6) is 0. The van der Waals surface area contributed by atoms with Gasteiger partial charge in [0.1, 0.15) is 0 Å². The van der Waals surface area contributed by atoms with Crippen LogP contribution in [0.5, 0.6) is 0 Å². The average Bonchev–Trinajstić information content (AvgIpc) is 2.47. The van der Waals surface area contributed by atoms with E-state index >= 15 is 0 Å². The molecule has 0 aromatic heterocycles. The lowest BCUT2D eigenvalue weighted by molar-refractivity contribution is 0.0128. The van der Waals surface area contributed by atoms with Crippen molar-refractivity contribution < 1.29 is 17.9 Å². The first-order valence-electron chi connectivity index (χ1n) is 7.32. The molecule has 2 aliphatic rings. The molecule has 2 heterocycles. The highest BCUT2D eigenvalue weighted by Gasteiger charge is 2.35. The van der Waals surface area contributed by atoms with Gasteiger partial charge in [-0.1, -0.05) is 0 Å². The van der Waals surface area contributed by atoms with Crippen molar-refractivity contribution in [1.29, 1.82) is 0 Å². The van der Waals surface area contributed by atoms with Crippen LogP contribution in [0.2, 0.25) is 0 Å². The number of nitrogens with zero attached hydrogens (tertiary/aromatic N) is 2. The van der Waals surface area contributed by atoms with Gasteiger partial charge in [0.15, 0.2) is 0 Å². The molecule has 2 aliphatic heterocycles. The number of methoxy groups -OCH3 is 1. The maximum Gasteiger partial charge on any atom is 0.301 e. The predicted molar refractivity (Wildman–Crippen MR) is 84.4 cm³/mol.